The zero-order valence-corrected chi connectivity index (χ0v) is 11.1. The van der Waals surface area contributed by atoms with Crippen molar-refractivity contribution in [3.05, 3.63) is 29.8 Å². The molecule has 0 bridgehead atoms. The van der Waals surface area contributed by atoms with Gasteiger partial charge in [0.1, 0.15) is 17.2 Å². The summed E-state index contributed by atoms with van der Waals surface area (Å²) in [6, 6.07) is 3.35. The summed E-state index contributed by atoms with van der Waals surface area (Å²) < 4.78 is 26.2. The Bertz CT molecular complexity index is 442. The fourth-order valence-electron chi connectivity index (χ4n) is 1.41. The maximum atomic E-state index is 13.4. The van der Waals surface area contributed by atoms with Crippen LogP contribution in [0.15, 0.2) is 23.1 Å². The van der Waals surface area contributed by atoms with Gasteiger partial charge in [-0.1, -0.05) is 6.92 Å². The van der Waals surface area contributed by atoms with E-state index >= 15 is 0 Å². The Morgan fingerprint density at radius 2 is 2.17 bits per heavy atom. The first-order chi connectivity index (χ1) is 8.39. The van der Waals surface area contributed by atoms with Gasteiger partial charge in [0.15, 0.2) is 0 Å². The topological polar surface area (TPSA) is 55.1 Å². The molecule has 1 aromatic carbocycles. The molecule has 1 rings (SSSR count). The lowest BCUT2D eigenvalue weighted by atomic mass is 10.1. The van der Waals surface area contributed by atoms with E-state index in [0.29, 0.717) is 11.4 Å². The second-order valence-electron chi connectivity index (χ2n) is 4.09. The molecule has 3 nitrogen and oxygen atoms in total. The van der Waals surface area contributed by atoms with Crippen LogP contribution in [0.4, 0.5) is 8.78 Å². The van der Waals surface area contributed by atoms with Crippen molar-refractivity contribution in [2.24, 2.45) is 5.73 Å². The molecular weight excluding hydrogens is 258 g/mol. The number of amides is 1. The molecule has 0 aliphatic carbocycles. The van der Waals surface area contributed by atoms with Crippen LogP contribution in [0.5, 0.6) is 0 Å². The van der Waals surface area contributed by atoms with Crippen molar-refractivity contribution in [1.29, 1.82) is 0 Å². The van der Waals surface area contributed by atoms with Gasteiger partial charge in [-0.25, -0.2) is 8.78 Å². The molecule has 0 saturated carbocycles. The maximum absolute atomic E-state index is 13.4. The molecule has 1 unspecified atom stereocenters. The highest BCUT2D eigenvalue weighted by atomic mass is 32.2. The Hall–Kier alpha value is -1.14. The van der Waals surface area contributed by atoms with Crippen molar-refractivity contribution in [3.63, 3.8) is 0 Å². The normalized spacial score (nSPS) is 14.2. The van der Waals surface area contributed by atoms with Crippen LogP contribution in [-0.4, -0.2) is 23.7 Å². The van der Waals surface area contributed by atoms with E-state index in [4.69, 9.17) is 5.73 Å². The van der Waals surface area contributed by atoms with Crippen LogP contribution in [0.3, 0.4) is 0 Å². The average Bonchev–Trinajstić information content (AvgIpc) is 2.28. The van der Waals surface area contributed by atoms with Crippen LogP contribution in [0.2, 0.25) is 0 Å². The number of rotatable bonds is 6. The van der Waals surface area contributed by atoms with E-state index in [-0.39, 0.29) is 5.75 Å². The van der Waals surface area contributed by atoms with E-state index in [1.54, 1.807) is 6.92 Å². The monoisotopic (exact) mass is 274 g/mol. The van der Waals surface area contributed by atoms with Crippen LogP contribution < -0.4 is 11.1 Å². The van der Waals surface area contributed by atoms with Crippen LogP contribution in [0.1, 0.15) is 13.8 Å². The Labute approximate surface area is 109 Å². The number of thioether (sulfide) groups is 1. The minimum absolute atomic E-state index is 0.277. The standard InChI is InChI=1S/C12H16F2N2OS/c1-3-16-12(2,11(15)17)7-18-10-5-4-8(13)6-9(10)14/h4-6,16H,3,7H2,1-2H3,(H2,15,17). The summed E-state index contributed by atoms with van der Waals surface area (Å²) in [4.78, 5) is 11.7. The number of likely N-dealkylation sites (N-methyl/N-ethyl adjacent to an activating group) is 1. The molecule has 0 fully saturated rings. The molecule has 0 saturated heterocycles. The quantitative estimate of drug-likeness (QED) is 0.779. The second kappa shape index (κ2) is 6.15. The lowest BCUT2D eigenvalue weighted by Crippen LogP contribution is -2.55. The highest BCUT2D eigenvalue weighted by Crippen LogP contribution is 2.25. The summed E-state index contributed by atoms with van der Waals surface area (Å²) in [6.45, 7) is 4.09. The third-order valence-corrected chi connectivity index (χ3v) is 3.88. The highest BCUT2D eigenvalue weighted by molar-refractivity contribution is 7.99. The van der Waals surface area contributed by atoms with Gasteiger partial charge in [0.2, 0.25) is 5.91 Å². The number of carbonyl (C=O) groups is 1. The molecule has 6 heteroatoms. The van der Waals surface area contributed by atoms with Crippen LogP contribution >= 0.6 is 11.8 Å². The molecule has 0 aliphatic heterocycles. The van der Waals surface area contributed by atoms with Crippen LogP contribution in [0, 0.1) is 11.6 Å². The van der Waals surface area contributed by atoms with Gasteiger partial charge in [-0.05, 0) is 25.6 Å². The van der Waals surface area contributed by atoms with E-state index in [1.165, 1.54) is 12.1 Å². The van der Waals surface area contributed by atoms with E-state index in [2.05, 4.69) is 5.32 Å². The molecule has 1 atom stereocenters. The van der Waals surface area contributed by atoms with Crippen LogP contribution in [-0.2, 0) is 4.79 Å². The smallest absolute Gasteiger partial charge is 0.238 e. The summed E-state index contributed by atoms with van der Waals surface area (Å²) in [7, 11) is 0. The lowest BCUT2D eigenvalue weighted by Gasteiger charge is -2.26. The molecule has 0 radical (unpaired) electrons. The third kappa shape index (κ3) is 3.68. The van der Waals surface area contributed by atoms with E-state index < -0.39 is 23.1 Å². The van der Waals surface area contributed by atoms with E-state index in [0.717, 1.165) is 17.8 Å². The summed E-state index contributed by atoms with van der Waals surface area (Å²) in [5.74, 6) is -1.48. The number of halogens is 2. The molecule has 1 amide bonds. The molecule has 3 N–H and O–H groups in total. The molecule has 1 aromatic rings. The number of carbonyl (C=O) groups excluding carboxylic acids is 1. The Morgan fingerprint density at radius 3 is 2.67 bits per heavy atom. The van der Waals surface area contributed by atoms with E-state index in [1.807, 2.05) is 6.92 Å². The van der Waals surface area contributed by atoms with Crippen LogP contribution in [0.25, 0.3) is 0 Å². The van der Waals surface area contributed by atoms with Crippen molar-refractivity contribution in [1.82, 2.24) is 5.32 Å². The fourth-order valence-corrected chi connectivity index (χ4v) is 2.46. The third-order valence-electron chi connectivity index (χ3n) is 2.52. The van der Waals surface area contributed by atoms with Gasteiger partial charge >= 0.3 is 0 Å². The van der Waals surface area contributed by atoms with Crippen molar-refractivity contribution in [2.45, 2.75) is 24.3 Å². The number of hydrogen-bond acceptors (Lipinski definition) is 3. The van der Waals surface area contributed by atoms with Crippen molar-refractivity contribution < 1.29 is 13.6 Å². The first-order valence-electron chi connectivity index (χ1n) is 5.52. The van der Waals surface area contributed by atoms with E-state index in [9.17, 15) is 13.6 Å². The molecule has 0 aromatic heterocycles. The molecule has 100 valence electrons. The summed E-state index contributed by atoms with van der Waals surface area (Å²) in [5, 5.41) is 2.97. The Balaban J connectivity index is 2.76. The zero-order valence-electron chi connectivity index (χ0n) is 10.3. The molecular formula is C12H16F2N2OS. The molecule has 0 aliphatic rings. The molecule has 0 spiro atoms. The second-order valence-corrected chi connectivity index (χ2v) is 5.11. The Morgan fingerprint density at radius 1 is 1.50 bits per heavy atom. The van der Waals surface area contributed by atoms with Gasteiger partial charge in [0.05, 0.1) is 0 Å². The first-order valence-corrected chi connectivity index (χ1v) is 6.50. The number of primary amides is 1. The maximum Gasteiger partial charge on any atom is 0.238 e. The summed E-state index contributed by atoms with van der Waals surface area (Å²) in [5.41, 5.74) is 4.40. The fraction of sp³-hybridized carbons (Fsp3) is 0.417. The minimum Gasteiger partial charge on any atom is -0.368 e. The molecule has 18 heavy (non-hydrogen) atoms. The number of nitrogens with one attached hydrogen (secondary N) is 1. The Kier molecular flexibility index (Phi) is 5.10. The van der Waals surface area contributed by atoms with Gasteiger partial charge in [0.25, 0.3) is 0 Å². The number of benzene rings is 1. The lowest BCUT2D eigenvalue weighted by molar-refractivity contribution is -0.122. The van der Waals surface area contributed by atoms with Gasteiger partial charge in [0, 0.05) is 16.7 Å². The predicted molar refractivity (Wildman–Crippen MR) is 68.4 cm³/mol. The number of hydrogen-bond donors (Lipinski definition) is 2. The molecule has 0 heterocycles. The van der Waals surface area contributed by atoms with Crippen molar-refractivity contribution >= 4 is 17.7 Å². The van der Waals surface area contributed by atoms with Crippen molar-refractivity contribution in [2.75, 3.05) is 12.3 Å². The van der Waals surface area contributed by atoms with Crippen molar-refractivity contribution in [3.8, 4) is 0 Å². The predicted octanol–water partition coefficient (Wildman–Crippen LogP) is 1.91. The largest absolute Gasteiger partial charge is 0.368 e. The zero-order chi connectivity index (χ0) is 13.8. The van der Waals surface area contributed by atoms with Gasteiger partial charge < -0.3 is 11.1 Å². The summed E-state index contributed by atoms with van der Waals surface area (Å²) in [6.07, 6.45) is 0. The SMILES string of the molecule is CCNC(C)(CSc1ccc(F)cc1F)C(N)=O. The minimum atomic E-state index is -0.916. The van der Waals surface area contributed by atoms with Gasteiger partial charge in [-0.3, -0.25) is 4.79 Å². The van der Waals surface area contributed by atoms with Gasteiger partial charge in [-0.2, -0.15) is 0 Å². The average molecular weight is 274 g/mol. The number of nitrogens with two attached hydrogens (primary N) is 1. The first kappa shape index (κ1) is 14.9. The highest BCUT2D eigenvalue weighted by Gasteiger charge is 2.30. The summed E-state index contributed by atoms with van der Waals surface area (Å²) >= 11 is 1.13. The van der Waals surface area contributed by atoms with Gasteiger partial charge in [-0.15, -0.1) is 11.8 Å².